The lowest BCUT2D eigenvalue weighted by atomic mass is 9.90. The highest BCUT2D eigenvalue weighted by Gasteiger charge is 2.32. The number of rotatable bonds is 4. The zero-order valence-corrected chi connectivity index (χ0v) is 16.0. The maximum atomic E-state index is 14.1. The minimum absolute atomic E-state index is 0.237. The van der Waals surface area contributed by atoms with Crippen LogP contribution in [0.5, 0.6) is 0 Å². The molecule has 1 heterocycles. The largest absolute Gasteiger partial charge is 0.390 e. The topological polar surface area (TPSA) is 94.5 Å². The molecule has 8 heteroatoms. The quantitative estimate of drug-likeness (QED) is 0.515. The van der Waals surface area contributed by atoms with Gasteiger partial charge >= 0.3 is 0 Å². The number of benzene rings is 1. The van der Waals surface area contributed by atoms with Crippen molar-refractivity contribution >= 4 is 39.9 Å². The van der Waals surface area contributed by atoms with Crippen molar-refractivity contribution in [2.24, 2.45) is 0 Å². The van der Waals surface area contributed by atoms with Crippen LogP contribution >= 0.6 is 22.6 Å². The molecule has 1 saturated carbocycles. The second-order valence-electron chi connectivity index (χ2n) is 6.24. The fourth-order valence-corrected chi connectivity index (χ4v) is 3.44. The molecule has 1 aromatic carbocycles. The molecule has 0 bridgehead atoms. The van der Waals surface area contributed by atoms with Crippen LogP contribution in [0.3, 0.4) is 0 Å². The van der Waals surface area contributed by atoms with Crippen LogP contribution in [0.25, 0.3) is 0 Å². The van der Waals surface area contributed by atoms with Crippen LogP contribution in [0.15, 0.2) is 36.7 Å². The van der Waals surface area contributed by atoms with E-state index in [0.717, 1.165) is 9.99 Å². The van der Waals surface area contributed by atoms with Crippen LogP contribution in [0.1, 0.15) is 29.6 Å². The molecule has 3 rings (SSSR count). The standard InChI is InChI=1S/C18H19FIN3O3/c19-12-8-10(20)4-5-13(12)22-15-9-21-7-6-11(15)18(26)23-14-2-1-3-16(24)17(14)25/h4-9,14,16-17,22,24-25H,1-3H2,(H,23,26)/t14-,16-,17+/m0/s1. The lowest BCUT2D eigenvalue weighted by Gasteiger charge is -2.32. The number of nitrogens with one attached hydrogen (secondary N) is 2. The van der Waals surface area contributed by atoms with E-state index in [1.165, 1.54) is 24.5 Å². The van der Waals surface area contributed by atoms with Crippen molar-refractivity contribution in [2.45, 2.75) is 37.5 Å². The third kappa shape index (κ3) is 4.30. The van der Waals surface area contributed by atoms with Gasteiger partial charge in [-0.05, 0) is 66.1 Å². The van der Waals surface area contributed by atoms with E-state index >= 15 is 0 Å². The summed E-state index contributed by atoms with van der Waals surface area (Å²) < 4.78 is 14.9. The summed E-state index contributed by atoms with van der Waals surface area (Å²) in [6.45, 7) is 0. The number of nitrogens with zero attached hydrogens (tertiary/aromatic N) is 1. The van der Waals surface area contributed by atoms with Crippen molar-refractivity contribution < 1.29 is 19.4 Å². The summed E-state index contributed by atoms with van der Waals surface area (Å²) in [6, 6.07) is 5.73. The third-order valence-corrected chi connectivity index (χ3v) is 5.08. The molecule has 138 valence electrons. The number of pyridine rings is 1. The molecule has 1 amide bonds. The summed E-state index contributed by atoms with van der Waals surface area (Å²) in [5.41, 5.74) is 0.877. The van der Waals surface area contributed by atoms with Gasteiger partial charge in [0, 0.05) is 9.77 Å². The van der Waals surface area contributed by atoms with E-state index in [2.05, 4.69) is 15.6 Å². The van der Waals surface area contributed by atoms with Gasteiger partial charge in [-0.2, -0.15) is 0 Å². The van der Waals surface area contributed by atoms with Gasteiger partial charge in [-0.25, -0.2) is 4.39 Å². The number of aromatic nitrogens is 1. The van der Waals surface area contributed by atoms with Gasteiger partial charge in [0.1, 0.15) is 5.82 Å². The highest BCUT2D eigenvalue weighted by Crippen LogP contribution is 2.25. The van der Waals surface area contributed by atoms with Crippen molar-refractivity contribution in [1.82, 2.24) is 10.3 Å². The van der Waals surface area contributed by atoms with E-state index < -0.39 is 30.0 Å². The zero-order valence-electron chi connectivity index (χ0n) is 13.8. The van der Waals surface area contributed by atoms with Crippen LogP contribution in [-0.4, -0.2) is 39.4 Å². The Morgan fingerprint density at radius 3 is 2.81 bits per heavy atom. The van der Waals surface area contributed by atoms with Crippen molar-refractivity contribution in [3.8, 4) is 0 Å². The van der Waals surface area contributed by atoms with E-state index in [4.69, 9.17) is 0 Å². The van der Waals surface area contributed by atoms with Crippen LogP contribution < -0.4 is 10.6 Å². The second kappa shape index (κ2) is 8.28. The summed E-state index contributed by atoms with van der Waals surface area (Å²) in [6.07, 6.45) is 2.89. The van der Waals surface area contributed by atoms with Crippen molar-refractivity contribution in [3.05, 3.63) is 51.6 Å². The fraction of sp³-hybridized carbons (Fsp3) is 0.333. The normalized spacial score (nSPS) is 22.7. The summed E-state index contributed by atoms with van der Waals surface area (Å²) in [5.74, 6) is -0.850. The van der Waals surface area contributed by atoms with E-state index in [1.807, 2.05) is 22.6 Å². The Morgan fingerprint density at radius 1 is 1.23 bits per heavy atom. The molecule has 6 nitrogen and oxygen atoms in total. The van der Waals surface area contributed by atoms with Gasteiger partial charge in [0.2, 0.25) is 0 Å². The van der Waals surface area contributed by atoms with Gasteiger partial charge in [0.25, 0.3) is 5.91 Å². The summed E-state index contributed by atoms with van der Waals surface area (Å²) in [4.78, 5) is 16.6. The summed E-state index contributed by atoms with van der Waals surface area (Å²) in [7, 11) is 0. The monoisotopic (exact) mass is 471 g/mol. The molecule has 1 aliphatic rings. The highest BCUT2D eigenvalue weighted by molar-refractivity contribution is 14.1. The van der Waals surface area contributed by atoms with Crippen LogP contribution in [0.4, 0.5) is 15.8 Å². The number of amides is 1. The van der Waals surface area contributed by atoms with E-state index in [9.17, 15) is 19.4 Å². The van der Waals surface area contributed by atoms with Crippen LogP contribution in [0, 0.1) is 9.39 Å². The Morgan fingerprint density at radius 2 is 2.04 bits per heavy atom. The van der Waals surface area contributed by atoms with E-state index in [0.29, 0.717) is 18.5 Å². The molecule has 0 radical (unpaired) electrons. The number of aliphatic hydroxyl groups excluding tert-OH is 2. The van der Waals surface area contributed by atoms with E-state index in [-0.39, 0.29) is 11.3 Å². The molecule has 26 heavy (non-hydrogen) atoms. The summed E-state index contributed by atoms with van der Waals surface area (Å²) in [5, 5.41) is 25.5. The first kappa shape index (κ1) is 19.0. The number of hydrogen-bond donors (Lipinski definition) is 4. The van der Waals surface area contributed by atoms with E-state index in [1.54, 1.807) is 12.1 Å². The first-order chi connectivity index (χ1) is 12.5. The van der Waals surface area contributed by atoms with Gasteiger partial charge in [-0.15, -0.1) is 0 Å². The molecule has 1 fully saturated rings. The number of carbonyl (C=O) groups is 1. The van der Waals surface area contributed by atoms with Crippen LogP contribution in [-0.2, 0) is 0 Å². The average molecular weight is 471 g/mol. The molecule has 0 spiro atoms. The van der Waals surface area contributed by atoms with Gasteiger partial charge in [-0.1, -0.05) is 0 Å². The maximum absolute atomic E-state index is 14.1. The van der Waals surface area contributed by atoms with Crippen molar-refractivity contribution in [2.75, 3.05) is 5.32 Å². The number of anilines is 2. The molecule has 4 N–H and O–H groups in total. The smallest absolute Gasteiger partial charge is 0.253 e. The minimum Gasteiger partial charge on any atom is -0.390 e. The molecule has 0 saturated heterocycles. The SMILES string of the molecule is O=C(N[C@H]1CCC[C@H](O)[C@@H]1O)c1ccncc1Nc1ccc(I)cc1F. The Labute approximate surface area is 164 Å². The van der Waals surface area contributed by atoms with Crippen LogP contribution in [0.2, 0.25) is 0 Å². The van der Waals surface area contributed by atoms with Gasteiger partial charge < -0.3 is 20.8 Å². The maximum Gasteiger partial charge on any atom is 0.253 e. The molecule has 1 aliphatic carbocycles. The minimum atomic E-state index is -1.00. The Bertz CT molecular complexity index is 805. The molecular formula is C18H19FIN3O3. The van der Waals surface area contributed by atoms with Gasteiger partial charge in [0.15, 0.2) is 0 Å². The Kier molecular flexibility index (Phi) is 6.05. The van der Waals surface area contributed by atoms with Gasteiger partial charge in [-0.3, -0.25) is 9.78 Å². The first-order valence-electron chi connectivity index (χ1n) is 8.29. The average Bonchev–Trinajstić information content (AvgIpc) is 2.62. The predicted octanol–water partition coefficient (Wildman–Crippen LogP) is 2.57. The molecule has 3 atom stereocenters. The molecule has 0 aliphatic heterocycles. The number of hydrogen-bond acceptors (Lipinski definition) is 5. The lowest BCUT2D eigenvalue weighted by Crippen LogP contribution is -2.51. The lowest BCUT2D eigenvalue weighted by molar-refractivity contribution is -0.0277. The first-order valence-corrected chi connectivity index (χ1v) is 9.36. The molecule has 2 aromatic rings. The van der Waals surface area contributed by atoms with Crippen molar-refractivity contribution in [3.63, 3.8) is 0 Å². The second-order valence-corrected chi connectivity index (χ2v) is 7.48. The Hall–Kier alpha value is -1.78. The molecule has 1 aromatic heterocycles. The summed E-state index contributed by atoms with van der Waals surface area (Å²) >= 11 is 2.02. The third-order valence-electron chi connectivity index (χ3n) is 4.40. The highest BCUT2D eigenvalue weighted by atomic mass is 127. The fourth-order valence-electron chi connectivity index (χ4n) is 2.99. The molecule has 0 unspecified atom stereocenters. The van der Waals surface area contributed by atoms with Crippen molar-refractivity contribution in [1.29, 1.82) is 0 Å². The Balaban J connectivity index is 1.79. The number of aliphatic hydroxyl groups is 2. The zero-order chi connectivity index (χ0) is 18.7. The number of halogens is 2. The predicted molar refractivity (Wildman–Crippen MR) is 104 cm³/mol. The number of carbonyl (C=O) groups excluding carboxylic acids is 1. The van der Waals surface area contributed by atoms with Gasteiger partial charge in [0.05, 0.1) is 41.4 Å². The molecular weight excluding hydrogens is 452 g/mol.